The van der Waals surface area contributed by atoms with Crippen molar-refractivity contribution in [3.05, 3.63) is 59.4 Å². The average Bonchev–Trinajstić information content (AvgIpc) is 2.84. The maximum Gasteiger partial charge on any atom is 0.248 e. The Hall–Kier alpha value is -2.97. The highest BCUT2D eigenvalue weighted by atomic mass is 79.9. The molecule has 0 aliphatic carbocycles. The van der Waals surface area contributed by atoms with Gasteiger partial charge >= 0.3 is 0 Å². The number of fused-ring (bicyclic) bond motifs is 1. The second-order valence-corrected chi connectivity index (χ2v) is 9.87. The summed E-state index contributed by atoms with van der Waals surface area (Å²) in [6, 6.07) is 11.6. The van der Waals surface area contributed by atoms with E-state index in [1.165, 1.54) is 38.3 Å². The minimum absolute atomic E-state index is 0.207. The molecule has 184 valence electrons. The fourth-order valence-electron chi connectivity index (χ4n) is 4.33. The standard InChI is InChI=1S/C27H32BrN5O2/c1-3-6-26(34)32-24-16-22-23(29-18-30-27(22)31-21-9-4-8-20(28)15-21)17-25(24)35-14-5-7-19-10-12-33(2)13-11-19/h3-4,6,8-9,15-19H,5,7,10-14H2,1-2H3,(H,32,34)(H,29,30,31)/b6-3+. The molecule has 3 aromatic rings. The van der Waals surface area contributed by atoms with Gasteiger partial charge in [0.15, 0.2) is 0 Å². The molecule has 0 saturated carbocycles. The molecular formula is C27H32BrN5O2. The third-order valence-electron chi connectivity index (χ3n) is 6.25. The van der Waals surface area contributed by atoms with Gasteiger partial charge < -0.3 is 20.3 Å². The van der Waals surface area contributed by atoms with Crippen LogP contribution in [0.4, 0.5) is 17.2 Å². The molecule has 0 bridgehead atoms. The third kappa shape index (κ3) is 7.02. The van der Waals surface area contributed by atoms with E-state index >= 15 is 0 Å². The summed E-state index contributed by atoms with van der Waals surface area (Å²) in [4.78, 5) is 23.7. The van der Waals surface area contributed by atoms with E-state index in [2.05, 4.69) is 48.5 Å². The molecule has 0 spiro atoms. The summed E-state index contributed by atoms with van der Waals surface area (Å²) in [6.45, 7) is 4.76. The smallest absolute Gasteiger partial charge is 0.248 e. The fourth-order valence-corrected chi connectivity index (χ4v) is 4.73. The molecule has 2 N–H and O–H groups in total. The lowest BCUT2D eigenvalue weighted by Gasteiger charge is -2.28. The molecule has 1 amide bonds. The molecular weight excluding hydrogens is 506 g/mol. The van der Waals surface area contributed by atoms with Crippen molar-refractivity contribution in [2.45, 2.75) is 32.6 Å². The van der Waals surface area contributed by atoms with Crippen LogP contribution in [-0.4, -0.2) is 47.5 Å². The van der Waals surface area contributed by atoms with Crippen molar-refractivity contribution in [2.24, 2.45) is 5.92 Å². The molecule has 0 radical (unpaired) electrons. The van der Waals surface area contributed by atoms with Gasteiger partial charge in [-0.3, -0.25) is 4.79 Å². The Bertz CT molecular complexity index is 1190. The molecule has 4 rings (SSSR count). The number of hydrogen-bond acceptors (Lipinski definition) is 6. The molecule has 1 saturated heterocycles. The van der Waals surface area contributed by atoms with Crippen LogP contribution in [0, 0.1) is 5.92 Å². The van der Waals surface area contributed by atoms with Crippen LogP contribution in [0.3, 0.4) is 0 Å². The maximum absolute atomic E-state index is 12.4. The number of likely N-dealkylation sites (tertiary alicyclic amines) is 1. The van der Waals surface area contributed by atoms with Crippen molar-refractivity contribution >= 4 is 49.9 Å². The van der Waals surface area contributed by atoms with Gasteiger partial charge in [0, 0.05) is 21.6 Å². The van der Waals surface area contributed by atoms with E-state index in [-0.39, 0.29) is 5.91 Å². The number of amides is 1. The van der Waals surface area contributed by atoms with Gasteiger partial charge in [0.05, 0.1) is 17.8 Å². The summed E-state index contributed by atoms with van der Waals surface area (Å²) in [5.74, 6) is 1.83. The molecule has 1 aromatic heterocycles. The number of piperidine rings is 1. The molecule has 1 fully saturated rings. The van der Waals surface area contributed by atoms with Gasteiger partial charge in [0.2, 0.25) is 5.91 Å². The van der Waals surface area contributed by atoms with E-state index in [9.17, 15) is 4.79 Å². The molecule has 35 heavy (non-hydrogen) atoms. The number of halogens is 1. The molecule has 0 unspecified atom stereocenters. The van der Waals surface area contributed by atoms with Gasteiger partial charge in [0.1, 0.15) is 17.9 Å². The summed E-state index contributed by atoms with van der Waals surface area (Å²) >= 11 is 3.50. The Labute approximate surface area is 215 Å². The van der Waals surface area contributed by atoms with Gasteiger partial charge in [-0.25, -0.2) is 9.97 Å². The number of anilines is 3. The van der Waals surface area contributed by atoms with Crippen LogP contribution in [0.5, 0.6) is 5.75 Å². The van der Waals surface area contributed by atoms with Crippen molar-refractivity contribution < 1.29 is 9.53 Å². The Morgan fingerprint density at radius 1 is 1.23 bits per heavy atom. The monoisotopic (exact) mass is 537 g/mol. The molecule has 8 heteroatoms. The normalized spacial score (nSPS) is 14.9. The maximum atomic E-state index is 12.4. The molecule has 2 aromatic carbocycles. The van der Waals surface area contributed by atoms with Gasteiger partial charge in [-0.15, -0.1) is 0 Å². The van der Waals surface area contributed by atoms with Crippen molar-refractivity contribution in [2.75, 3.05) is 37.4 Å². The first-order valence-corrected chi connectivity index (χ1v) is 12.9. The number of aromatic nitrogens is 2. The van der Waals surface area contributed by atoms with Gasteiger partial charge in [-0.1, -0.05) is 28.1 Å². The first-order chi connectivity index (χ1) is 17.0. The van der Waals surface area contributed by atoms with E-state index < -0.39 is 0 Å². The minimum atomic E-state index is -0.207. The number of rotatable bonds is 9. The second kappa shape index (κ2) is 12.1. The van der Waals surface area contributed by atoms with E-state index in [4.69, 9.17) is 4.74 Å². The summed E-state index contributed by atoms with van der Waals surface area (Å²) in [5, 5.41) is 7.10. The Kier molecular flexibility index (Phi) is 8.71. The van der Waals surface area contributed by atoms with Crippen LogP contribution in [0.1, 0.15) is 32.6 Å². The van der Waals surface area contributed by atoms with Crippen LogP contribution in [-0.2, 0) is 4.79 Å². The van der Waals surface area contributed by atoms with Crippen LogP contribution >= 0.6 is 15.9 Å². The number of ether oxygens (including phenoxy) is 1. The summed E-state index contributed by atoms with van der Waals surface area (Å²) < 4.78 is 7.14. The zero-order valence-corrected chi connectivity index (χ0v) is 21.8. The van der Waals surface area contributed by atoms with Crippen molar-refractivity contribution in [1.82, 2.24) is 14.9 Å². The SMILES string of the molecule is C/C=C/C(=O)Nc1cc2c(Nc3cccc(Br)c3)ncnc2cc1OCCCC1CCN(C)CC1. The van der Waals surface area contributed by atoms with Crippen LogP contribution in [0.2, 0.25) is 0 Å². The number of benzene rings is 2. The van der Waals surface area contributed by atoms with Gasteiger partial charge in [0.25, 0.3) is 0 Å². The molecule has 1 aliphatic heterocycles. The zero-order valence-electron chi connectivity index (χ0n) is 20.3. The summed E-state index contributed by atoms with van der Waals surface area (Å²) in [5.41, 5.74) is 2.24. The minimum Gasteiger partial charge on any atom is -0.491 e. The highest BCUT2D eigenvalue weighted by molar-refractivity contribution is 9.10. The Morgan fingerprint density at radius 2 is 2.06 bits per heavy atom. The largest absolute Gasteiger partial charge is 0.491 e. The van der Waals surface area contributed by atoms with Crippen LogP contribution < -0.4 is 15.4 Å². The van der Waals surface area contributed by atoms with Crippen molar-refractivity contribution in [3.8, 4) is 5.75 Å². The number of carbonyl (C=O) groups is 1. The molecule has 0 atom stereocenters. The number of allylic oxidation sites excluding steroid dienone is 1. The predicted molar refractivity (Wildman–Crippen MR) is 145 cm³/mol. The summed E-state index contributed by atoms with van der Waals surface area (Å²) in [7, 11) is 2.19. The lowest BCUT2D eigenvalue weighted by atomic mass is 9.93. The average molecular weight is 538 g/mol. The van der Waals surface area contributed by atoms with Gasteiger partial charge in [-0.2, -0.15) is 0 Å². The van der Waals surface area contributed by atoms with Crippen LogP contribution in [0.25, 0.3) is 10.9 Å². The Balaban J connectivity index is 1.53. The number of hydrogen-bond donors (Lipinski definition) is 2. The number of carbonyl (C=O) groups excluding carboxylic acids is 1. The van der Waals surface area contributed by atoms with Gasteiger partial charge in [-0.05, 0) is 89.0 Å². The highest BCUT2D eigenvalue weighted by Gasteiger charge is 2.17. The number of nitrogens with zero attached hydrogens (tertiary/aromatic N) is 3. The zero-order chi connectivity index (χ0) is 24.6. The van der Waals surface area contributed by atoms with Crippen molar-refractivity contribution in [3.63, 3.8) is 0 Å². The van der Waals surface area contributed by atoms with E-state index in [1.807, 2.05) is 43.3 Å². The first kappa shape index (κ1) is 25.1. The molecule has 1 aliphatic rings. The lowest BCUT2D eigenvalue weighted by Crippen LogP contribution is -2.30. The van der Waals surface area contributed by atoms with E-state index in [0.717, 1.165) is 39.8 Å². The van der Waals surface area contributed by atoms with Crippen molar-refractivity contribution in [1.29, 1.82) is 0 Å². The quantitative estimate of drug-likeness (QED) is 0.251. The van der Waals surface area contributed by atoms with E-state index in [1.54, 1.807) is 6.08 Å². The highest BCUT2D eigenvalue weighted by Crippen LogP contribution is 2.34. The number of nitrogens with one attached hydrogen (secondary N) is 2. The molecule has 7 nitrogen and oxygen atoms in total. The van der Waals surface area contributed by atoms with Crippen LogP contribution in [0.15, 0.2) is 59.4 Å². The molecule has 2 heterocycles. The summed E-state index contributed by atoms with van der Waals surface area (Å²) in [6.07, 6.45) is 9.38. The topological polar surface area (TPSA) is 79.4 Å². The fraction of sp³-hybridized carbons (Fsp3) is 0.370. The van der Waals surface area contributed by atoms with E-state index in [0.29, 0.717) is 23.9 Å². The lowest BCUT2D eigenvalue weighted by molar-refractivity contribution is -0.111. The predicted octanol–water partition coefficient (Wildman–Crippen LogP) is 6.15. The first-order valence-electron chi connectivity index (χ1n) is 12.1. The second-order valence-electron chi connectivity index (χ2n) is 8.95. The third-order valence-corrected chi connectivity index (χ3v) is 6.75. The Morgan fingerprint density at radius 3 is 2.83 bits per heavy atom.